The molecule has 0 aliphatic rings. The highest BCUT2D eigenvalue weighted by Gasteiger charge is 2.13. The highest BCUT2D eigenvalue weighted by molar-refractivity contribution is 6.30. The first-order valence-electron chi connectivity index (χ1n) is 6.30. The van der Waals surface area contributed by atoms with Crippen molar-refractivity contribution in [3.8, 4) is 0 Å². The summed E-state index contributed by atoms with van der Waals surface area (Å²) in [5.41, 5.74) is 0.701. The molecule has 1 aromatic carbocycles. The van der Waals surface area contributed by atoms with Crippen LogP contribution in [0.5, 0.6) is 0 Å². The first-order valence-corrected chi connectivity index (χ1v) is 6.68. The van der Waals surface area contributed by atoms with Crippen molar-refractivity contribution in [2.24, 2.45) is 5.92 Å². The van der Waals surface area contributed by atoms with E-state index in [0.29, 0.717) is 23.2 Å². The zero-order valence-corrected chi connectivity index (χ0v) is 12.3. The average molecular weight is 285 g/mol. The summed E-state index contributed by atoms with van der Waals surface area (Å²) >= 11 is 5.86. The molecule has 0 saturated heterocycles. The minimum Gasteiger partial charge on any atom is -0.383 e. The lowest BCUT2D eigenvalue weighted by Gasteiger charge is -2.21. The quantitative estimate of drug-likeness (QED) is 0.809. The van der Waals surface area contributed by atoms with Crippen LogP contribution in [0.1, 0.15) is 13.8 Å². The van der Waals surface area contributed by atoms with Crippen molar-refractivity contribution in [3.05, 3.63) is 29.3 Å². The summed E-state index contributed by atoms with van der Waals surface area (Å²) in [6, 6.07) is 7.25. The Labute approximate surface area is 119 Å². The van der Waals surface area contributed by atoms with Crippen LogP contribution in [0.2, 0.25) is 5.02 Å². The van der Waals surface area contributed by atoms with Crippen LogP contribution in [0, 0.1) is 5.92 Å². The minimum atomic E-state index is -0.0935. The van der Waals surface area contributed by atoms with E-state index in [1.807, 2.05) is 0 Å². The van der Waals surface area contributed by atoms with E-state index in [1.165, 1.54) is 0 Å². The summed E-state index contributed by atoms with van der Waals surface area (Å²) in [7, 11) is 1.66. The Bertz CT molecular complexity index is 410. The topological polar surface area (TPSA) is 50.4 Å². The SMILES string of the molecule is COCC(NCC(=O)Nc1cccc(Cl)c1)C(C)C. The van der Waals surface area contributed by atoms with E-state index >= 15 is 0 Å². The predicted molar refractivity (Wildman–Crippen MR) is 78.6 cm³/mol. The third-order valence-corrected chi connectivity index (χ3v) is 3.02. The molecular formula is C14H21ClN2O2. The van der Waals surface area contributed by atoms with Gasteiger partial charge in [0.25, 0.3) is 0 Å². The van der Waals surface area contributed by atoms with E-state index in [0.717, 1.165) is 0 Å². The normalized spacial score (nSPS) is 12.5. The van der Waals surface area contributed by atoms with Crippen LogP contribution in [-0.4, -0.2) is 32.2 Å². The van der Waals surface area contributed by atoms with E-state index in [2.05, 4.69) is 24.5 Å². The Kier molecular flexibility index (Phi) is 6.84. The Balaban J connectivity index is 2.42. The van der Waals surface area contributed by atoms with Gasteiger partial charge in [-0.15, -0.1) is 0 Å². The maximum atomic E-state index is 11.8. The summed E-state index contributed by atoms with van der Waals surface area (Å²) in [4.78, 5) is 11.8. The fourth-order valence-corrected chi connectivity index (χ4v) is 1.85. The molecule has 0 heterocycles. The number of benzene rings is 1. The maximum absolute atomic E-state index is 11.8. The average Bonchev–Trinajstić information content (AvgIpc) is 2.34. The van der Waals surface area contributed by atoms with Crippen molar-refractivity contribution in [2.75, 3.05) is 25.6 Å². The van der Waals surface area contributed by atoms with Gasteiger partial charge in [0.15, 0.2) is 0 Å². The third-order valence-electron chi connectivity index (χ3n) is 2.78. The van der Waals surface area contributed by atoms with Gasteiger partial charge >= 0.3 is 0 Å². The second-order valence-electron chi connectivity index (χ2n) is 4.75. The smallest absolute Gasteiger partial charge is 0.238 e. The monoisotopic (exact) mass is 284 g/mol. The molecule has 0 aromatic heterocycles. The summed E-state index contributed by atoms with van der Waals surface area (Å²) in [6.07, 6.45) is 0. The second kappa shape index (κ2) is 8.15. The van der Waals surface area contributed by atoms with Crippen LogP contribution >= 0.6 is 11.6 Å². The number of anilines is 1. The molecule has 0 saturated carbocycles. The van der Waals surface area contributed by atoms with Gasteiger partial charge in [-0.05, 0) is 24.1 Å². The molecule has 0 radical (unpaired) electrons. The molecule has 19 heavy (non-hydrogen) atoms. The molecule has 2 N–H and O–H groups in total. The first kappa shape index (κ1) is 16.0. The fourth-order valence-electron chi connectivity index (χ4n) is 1.66. The van der Waals surface area contributed by atoms with Gasteiger partial charge in [-0.2, -0.15) is 0 Å². The molecular weight excluding hydrogens is 264 g/mol. The molecule has 1 atom stereocenters. The summed E-state index contributed by atoms with van der Waals surface area (Å²) < 4.78 is 5.12. The van der Waals surface area contributed by atoms with Crippen LogP contribution < -0.4 is 10.6 Å². The van der Waals surface area contributed by atoms with Crippen LogP contribution in [0.4, 0.5) is 5.69 Å². The molecule has 0 bridgehead atoms. The Morgan fingerprint density at radius 2 is 2.16 bits per heavy atom. The third kappa shape index (κ3) is 6.05. The molecule has 0 fully saturated rings. The van der Waals surface area contributed by atoms with E-state index in [4.69, 9.17) is 16.3 Å². The molecule has 5 heteroatoms. The summed E-state index contributed by atoms with van der Waals surface area (Å²) in [5, 5.41) is 6.58. The lowest BCUT2D eigenvalue weighted by Crippen LogP contribution is -2.42. The molecule has 1 unspecified atom stereocenters. The van der Waals surface area contributed by atoms with Crippen LogP contribution in [0.3, 0.4) is 0 Å². The number of methoxy groups -OCH3 is 1. The number of rotatable bonds is 7. The zero-order valence-electron chi connectivity index (χ0n) is 11.6. The summed E-state index contributed by atoms with van der Waals surface area (Å²) in [6.45, 7) is 5.01. The van der Waals surface area contributed by atoms with Gasteiger partial charge in [-0.25, -0.2) is 0 Å². The number of carbonyl (C=O) groups excluding carboxylic acids is 1. The number of amides is 1. The fraction of sp³-hybridized carbons (Fsp3) is 0.500. The van der Waals surface area contributed by atoms with Crippen molar-refractivity contribution < 1.29 is 9.53 Å². The number of hydrogen-bond donors (Lipinski definition) is 2. The van der Waals surface area contributed by atoms with Gasteiger partial charge < -0.3 is 15.4 Å². The Hall–Kier alpha value is -1.10. The molecule has 1 aromatic rings. The van der Waals surface area contributed by atoms with Gasteiger partial charge in [0.05, 0.1) is 13.2 Å². The standard InChI is InChI=1S/C14H21ClN2O2/c1-10(2)13(9-19-3)16-8-14(18)17-12-6-4-5-11(15)7-12/h4-7,10,13,16H,8-9H2,1-3H3,(H,17,18). The van der Waals surface area contributed by atoms with Crippen molar-refractivity contribution in [2.45, 2.75) is 19.9 Å². The lowest BCUT2D eigenvalue weighted by molar-refractivity contribution is -0.115. The predicted octanol–water partition coefficient (Wildman–Crippen LogP) is 2.54. The van der Waals surface area contributed by atoms with Crippen LogP contribution in [0.15, 0.2) is 24.3 Å². The van der Waals surface area contributed by atoms with Crippen LogP contribution in [0.25, 0.3) is 0 Å². The lowest BCUT2D eigenvalue weighted by atomic mass is 10.1. The molecule has 0 aliphatic carbocycles. The molecule has 0 spiro atoms. The number of halogens is 1. The number of ether oxygens (including phenoxy) is 1. The van der Waals surface area contributed by atoms with Crippen LogP contribution in [-0.2, 0) is 9.53 Å². The Morgan fingerprint density at radius 3 is 2.74 bits per heavy atom. The highest BCUT2D eigenvalue weighted by atomic mass is 35.5. The maximum Gasteiger partial charge on any atom is 0.238 e. The first-order chi connectivity index (χ1) is 9.02. The summed E-state index contributed by atoms with van der Waals surface area (Å²) in [5.74, 6) is 0.308. The van der Waals surface area contributed by atoms with Gasteiger partial charge in [0, 0.05) is 23.9 Å². The highest BCUT2D eigenvalue weighted by Crippen LogP contribution is 2.14. The van der Waals surface area contributed by atoms with Gasteiger partial charge in [0.2, 0.25) is 5.91 Å². The second-order valence-corrected chi connectivity index (χ2v) is 5.18. The van der Waals surface area contributed by atoms with Gasteiger partial charge in [-0.3, -0.25) is 4.79 Å². The van der Waals surface area contributed by atoms with Gasteiger partial charge in [-0.1, -0.05) is 31.5 Å². The Morgan fingerprint density at radius 1 is 1.42 bits per heavy atom. The zero-order chi connectivity index (χ0) is 14.3. The minimum absolute atomic E-state index is 0.0935. The van der Waals surface area contributed by atoms with E-state index in [9.17, 15) is 4.79 Å². The number of nitrogens with one attached hydrogen (secondary N) is 2. The van der Waals surface area contributed by atoms with Crippen molar-refractivity contribution >= 4 is 23.2 Å². The molecule has 0 aliphatic heterocycles. The number of carbonyl (C=O) groups is 1. The number of hydrogen-bond acceptors (Lipinski definition) is 3. The largest absolute Gasteiger partial charge is 0.383 e. The molecule has 1 rings (SSSR count). The van der Waals surface area contributed by atoms with E-state index < -0.39 is 0 Å². The van der Waals surface area contributed by atoms with E-state index in [1.54, 1.807) is 31.4 Å². The van der Waals surface area contributed by atoms with Crippen molar-refractivity contribution in [1.29, 1.82) is 0 Å². The van der Waals surface area contributed by atoms with Crippen molar-refractivity contribution in [1.82, 2.24) is 5.32 Å². The molecule has 4 nitrogen and oxygen atoms in total. The molecule has 1 amide bonds. The van der Waals surface area contributed by atoms with E-state index in [-0.39, 0.29) is 18.5 Å². The van der Waals surface area contributed by atoms with Crippen molar-refractivity contribution in [3.63, 3.8) is 0 Å². The van der Waals surface area contributed by atoms with Gasteiger partial charge in [0.1, 0.15) is 0 Å². The molecule has 106 valence electrons.